The molecule has 7 heteroatoms. The van der Waals surface area contributed by atoms with Crippen LogP contribution < -0.4 is 5.32 Å². The number of carbonyl (C=O) groups is 2. The molecule has 0 radical (unpaired) electrons. The summed E-state index contributed by atoms with van der Waals surface area (Å²) in [6.45, 7) is 0. The van der Waals surface area contributed by atoms with Gasteiger partial charge in [0.1, 0.15) is 6.04 Å². The maximum absolute atomic E-state index is 12.7. The second kappa shape index (κ2) is 9.71. The van der Waals surface area contributed by atoms with Crippen molar-refractivity contribution in [3.63, 3.8) is 0 Å². The Balaban J connectivity index is 2.20. The molecule has 2 atom stereocenters. The van der Waals surface area contributed by atoms with Crippen molar-refractivity contribution < 1.29 is 19.1 Å². The molecule has 0 unspecified atom stereocenters. The van der Waals surface area contributed by atoms with E-state index in [1.165, 1.54) is 14.2 Å². The Morgan fingerprint density at radius 3 is 2.46 bits per heavy atom. The highest BCUT2D eigenvalue weighted by Crippen LogP contribution is 2.23. The summed E-state index contributed by atoms with van der Waals surface area (Å²) in [7, 11) is 2.72. The Morgan fingerprint density at radius 1 is 1.15 bits per heavy atom. The lowest BCUT2D eigenvalue weighted by molar-refractivity contribution is -0.146. The lowest BCUT2D eigenvalue weighted by Crippen LogP contribution is -2.45. The quantitative estimate of drug-likeness (QED) is 0.667. The number of ether oxygens (including phenoxy) is 2. The van der Waals surface area contributed by atoms with Gasteiger partial charge >= 0.3 is 5.97 Å². The fourth-order valence-electron chi connectivity index (χ4n) is 2.52. The van der Waals surface area contributed by atoms with Crippen LogP contribution in [0.3, 0.4) is 0 Å². The standard InChI is InChI=1S/C19H19BrClNO4/c1-25-17(12-6-4-3-5-7-12)18(23)22-16(19(24)26-2)11-13-10-14(21)8-9-15(13)20/h3-10,16-17H,11H2,1-2H3,(H,22,23)/t16-,17+/m1/s1. The molecule has 26 heavy (non-hydrogen) atoms. The van der Waals surface area contributed by atoms with Crippen molar-refractivity contribution in [2.45, 2.75) is 18.6 Å². The van der Waals surface area contributed by atoms with E-state index in [4.69, 9.17) is 21.1 Å². The molecule has 2 aromatic carbocycles. The fraction of sp³-hybridized carbons (Fsp3) is 0.263. The van der Waals surface area contributed by atoms with Crippen LogP contribution in [0.2, 0.25) is 5.02 Å². The van der Waals surface area contributed by atoms with E-state index in [-0.39, 0.29) is 6.42 Å². The maximum Gasteiger partial charge on any atom is 0.328 e. The number of methoxy groups -OCH3 is 2. The molecular weight excluding hydrogens is 422 g/mol. The lowest BCUT2D eigenvalue weighted by Gasteiger charge is -2.21. The Kier molecular flexibility index (Phi) is 7.63. The minimum Gasteiger partial charge on any atom is -0.467 e. The highest BCUT2D eigenvalue weighted by atomic mass is 79.9. The molecular formula is C19H19BrClNO4. The summed E-state index contributed by atoms with van der Waals surface area (Å²) < 4.78 is 10.9. The van der Waals surface area contributed by atoms with Gasteiger partial charge in [-0.3, -0.25) is 4.79 Å². The summed E-state index contributed by atoms with van der Waals surface area (Å²) in [5.74, 6) is -0.972. The van der Waals surface area contributed by atoms with Crippen LogP contribution in [0, 0.1) is 0 Å². The number of amides is 1. The van der Waals surface area contributed by atoms with Crippen molar-refractivity contribution in [2.75, 3.05) is 14.2 Å². The van der Waals surface area contributed by atoms with Gasteiger partial charge in [-0.05, 0) is 29.3 Å². The molecule has 0 aliphatic carbocycles. The monoisotopic (exact) mass is 439 g/mol. The van der Waals surface area contributed by atoms with Crippen molar-refractivity contribution in [1.29, 1.82) is 0 Å². The molecule has 0 spiro atoms. The highest BCUT2D eigenvalue weighted by molar-refractivity contribution is 9.10. The number of carbonyl (C=O) groups excluding carboxylic acids is 2. The van der Waals surface area contributed by atoms with Gasteiger partial charge in [0, 0.05) is 23.0 Å². The van der Waals surface area contributed by atoms with Crippen molar-refractivity contribution in [3.8, 4) is 0 Å². The van der Waals surface area contributed by atoms with E-state index in [2.05, 4.69) is 21.2 Å². The van der Waals surface area contributed by atoms with Gasteiger partial charge in [0.2, 0.25) is 0 Å². The van der Waals surface area contributed by atoms with Gasteiger partial charge in [0.25, 0.3) is 5.91 Å². The molecule has 0 fully saturated rings. The molecule has 0 aromatic heterocycles. The van der Waals surface area contributed by atoms with E-state index in [9.17, 15) is 9.59 Å². The van der Waals surface area contributed by atoms with Crippen LogP contribution in [0.4, 0.5) is 0 Å². The first-order valence-corrected chi connectivity index (χ1v) is 9.03. The second-order valence-electron chi connectivity index (χ2n) is 5.55. The molecule has 138 valence electrons. The highest BCUT2D eigenvalue weighted by Gasteiger charge is 2.28. The van der Waals surface area contributed by atoms with Crippen LogP contribution in [-0.2, 0) is 25.5 Å². The van der Waals surface area contributed by atoms with E-state index in [1.54, 1.807) is 30.3 Å². The molecule has 0 aliphatic rings. The summed E-state index contributed by atoms with van der Waals surface area (Å²) in [6, 6.07) is 13.4. The smallest absolute Gasteiger partial charge is 0.328 e. The minimum atomic E-state index is -0.872. The number of rotatable bonds is 7. The minimum absolute atomic E-state index is 0.227. The number of hydrogen-bond acceptors (Lipinski definition) is 4. The summed E-state index contributed by atoms with van der Waals surface area (Å²) in [5.41, 5.74) is 1.47. The first-order chi connectivity index (χ1) is 12.5. The van der Waals surface area contributed by atoms with Crippen molar-refractivity contribution in [3.05, 3.63) is 69.2 Å². The van der Waals surface area contributed by atoms with Crippen LogP contribution in [0.1, 0.15) is 17.2 Å². The van der Waals surface area contributed by atoms with Crippen LogP contribution in [0.5, 0.6) is 0 Å². The van der Waals surface area contributed by atoms with Gasteiger partial charge in [0.05, 0.1) is 7.11 Å². The number of benzene rings is 2. The molecule has 0 heterocycles. The first kappa shape index (κ1) is 20.4. The number of esters is 1. The van der Waals surface area contributed by atoms with Gasteiger partial charge < -0.3 is 14.8 Å². The normalized spacial score (nSPS) is 12.9. The van der Waals surface area contributed by atoms with Gasteiger partial charge in [-0.2, -0.15) is 0 Å². The molecule has 0 bridgehead atoms. The molecule has 0 saturated carbocycles. The van der Waals surface area contributed by atoms with Crippen molar-refractivity contribution in [1.82, 2.24) is 5.32 Å². The predicted molar refractivity (Wildman–Crippen MR) is 103 cm³/mol. The second-order valence-corrected chi connectivity index (χ2v) is 6.84. The van der Waals surface area contributed by atoms with Crippen LogP contribution >= 0.6 is 27.5 Å². The van der Waals surface area contributed by atoms with Gasteiger partial charge in [-0.1, -0.05) is 57.9 Å². The van der Waals surface area contributed by atoms with E-state index >= 15 is 0 Å². The zero-order chi connectivity index (χ0) is 19.1. The Morgan fingerprint density at radius 2 is 1.85 bits per heavy atom. The molecule has 2 rings (SSSR count). The van der Waals surface area contributed by atoms with Gasteiger partial charge in [-0.15, -0.1) is 0 Å². The SMILES string of the molecule is COC(=O)[C@@H](Cc1cc(Cl)ccc1Br)NC(=O)[C@@H](OC)c1ccccc1. The summed E-state index contributed by atoms with van der Waals surface area (Å²) in [6.07, 6.45) is -0.601. The largest absolute Gasteiger partial charge is 0.467 e. The van der Waals surface area contributed by atoms with Crippen molar-refractivity contribution in [2.24, 2.45) is 0 Å². The fourth-order valence-corrected chi connectivity index (χ4v) is 3.13. The Bertz CT molecular complexity index is 769. The summed E-state index contributed by atoms with van der Waals surface area (Å²) in [5, 5.41) is 3.25. The summed E-state index contributed by atoms with van der Waals surface area (Å²) >= 11 is 9.46. The summed E-state index contributed by atoms with van der Waals surface area (Å²) in [4.78, 5) is 24.8. The number of halogens is 2. The topological polar surface area (TPSA) is 64.6 Å². The third kappa shape index (κ3) is 5.30. The zero-order valence-electron chi connectivity index (χ0n) is 14.4. The molecule has 0 saturated heterocycles. The van der Waals surface area contributed by atoms with Crippen LogP contribution in [-0.4, -0.2) is 32.1 Å². The maximum atomic E-state index is 12.7. The molecule has 1 N–H and O–H groups in total. The van der Waals surface area contributed by atoms with E-state index < -0.39 is 24.0 Å². The van der Waals surface area contributed by atoms with Gasteiger partial charge in [-0.25, -0.2) is 4.79 Å². The van der Waals surface area contributed by atoms with E-state index in [0.717, 1.165) is 10.0 Å². The number of nitrogens with one attached hydrogen (secondary N) is 1. The van der Waals surface area contributed by atoms with Crippen molar-refractivity contribution >= 4 is 39.4 Å². The first-order valence-electron chi connectivity index (χ1n) is 7.86. The predicted octanol–water partition coefficient (Wildman–Crippen LogP) is 3.69. The number of hydrogen-bond donors (Lipinski definition) is 1. The third-order valence-electron chi connectivity index (χ3n) is 3.81. The van der Waals surface area contributed by atoms with E-state index in [0.29, 0.717) is 10.6 Å². The average Bonchev–Trinajstić information content (AvgIpc) is 2.65. The molecule has 5 nitrogen and oxygen atoms in total. The van der Waals surface area contributed by atoms with Crippen LogP contribution in [0.25, 0.3) is 0 Å². The van der Waals surface area contributed by atoms with E-state index in [1.807, 2.05) is 18.2 Å². The average molecular weight is 441 g/mol. The Labute approximate surface area is 165 Å². The Hall–Kier alpha value is -1.89. The molecule has 2 aromatic rings. The third-order valence-corrected chi connectivity index (χ3v) is 4.82. The molecule has 0 aliphatic heterocycles. The molecule has 1 amide bonds. The van der Waals surface area contributed by atoms with Crippen LogP contribution in [0.15, 0.2) is 53.0 Å². The zero-order valence-corrected chi connectivity index (χ0v) is 16.7. The lowest BCUT2D eigenvalue weighted by atomic mass is 10.0. The van der Waals surface area contributed by atoms with Gasteiger partial charge in [0.15, 0.2) is 6.10 Å².